The summed E-state index contributed by atoms with van der Waals surface area (Å²) in [6.07, 6.45) is 2.81. The number of aromatic nitrogens is 3. The molecule has 3 heterocycles. The van der Waals surface area contributed by atoms with Crippen LogP contribution in [0.1, 0.15) is 23.7 Å². The van der Waals surface area contributed by atoms with E-state index in [0.29, 0.717) is 12.5 Å². The number of hydrogen-bond acceptors (Lipinski definition) is 3. The number of fused-ring (bicyclic) bond motifs is 1. The van der Waals surface area contributed by atoms with Gasteiger partial charge in [0.2, 0.25) is 0 Å². The molecule has 5 heteroatoms. The van der Waals surface area contributed by atoms with Crippen molar-refractivity contribution in [1.82, 2.24) is 14.5 Å². The van der Waals surface area contributed by atoms with E-state index in [9.17, 15) is 0 Å². The van der Waals surface area contributed by atoms with Crippen LogP contribution in [0.3, 0.4) is 0 Å². The highest BCUT2D eigenvalue weighted by molar-refractivity contribution is 6.31. The second kappa shape index (κ2) is 5.71. The Morgan fingerprint density at radius 3 is 2.95 bits per heavy atom. The van der Waals surface area contributed by atoms with Crippen molar-refractivity contribution in [1.29, 1.82) is 0 Å². The molecule has 0 N–H and O–H groups in total. The lowest BCUT2D eigenvalue weighted by molar-refractivity contribution is 0.193. The lowest BCUT2D eigenvalue weighted by Crippen LogP contribution is -2.11. The summed E-state index contributed by atoms with van der Waals surface area (Å²) in [6.45, 7) is 2.21. The van der Waals surface area contributed by atoms with Crippen molar-refractivity contribution in [2.45, 2.75) is 18.9 Å². The van der Waals surface area contributed by atoms with Crippen LogP contribution in [0.25, 0.3) is 11.2 Å². The van der Waals surface area contributed by atoms with Gasteiger partial charge in [0.05, 0.1) is 13.2 Å². The molecule has 1 aliphatic rings. The topological polar surface area (TPSA) is 39.9 Å². The molecule has 0 spiro atoms. The Hall–Kier alpha value is -1.91. The van der Waals surface area contributed by atoms with Gasteiger partial charge in [0.1, 0.15) is 11.3 Å². The van der Waals surface area contributed by atoms with Crippen LogP contribution in [0, 0.1) is 0 Å². The van der Waals surface area contributed by atoms with Gasteiger partial charge in [-0.3, -0.25) is 0 Å². The number of hydrogen-bond donors (Lipinski definition) is 0. The average molecular weight is 314 g/mol. The van der Waals surface area contributed by atoms with E-state index in [1.54, 1.807) is 0 Å². The second-order valence-electron chi connectivity index (χ2n) is 5.55. The minimum Gasteiger partial charge on any atom is -0.381 e. The van der Waals surface area contributed by atoms with Crippen molar-refractivity contribution < 1.29 is 4.74 Å². The molecule has 4 nitrogen and oxygen atoms in total. The second-order valence-corrected chi connectivity index (χ2v) is 5.96. The molecule has 22 heavy (non-hydrogen) atoms. The van der Waals surface area contributed by atoms with Gasteiger partial charge in [-0.05, 0) is 30.2 Å². The third-order valence-corrected chi connectivity index (χ3v) is 4.48. The zero-order chi connectivity index (χ0) is 14.9. The van der Waals surface area contributed by atoms with Crippen LogP contribution in [0.2, 0.25) is 5.02 Å². The normalized spacial score (nSPS) is 18.1. The molecular formula is C17H16ClN3O. The Labute approximate surface area is 133 Å². The molecule has 2 aromatic heterocycles. The van der Waals surface area contributed by atoms with Gasteiger partial charge >= 0.3 is 0 Å². The fourth-order valence-corrected chi connectivity index (χ4v) is 3.17. The molecule has 0 radical (unpaired) electrons. The van der Waals surface area contributed by atoms with Gasteiger partial charge < -0.3 is 9.30 Å². The van der Waals surface area contributed by atoms with Gasteiger partial charge in [0.25, 0.3) is 0 Å². The number of ether oxygens (including phenoxy) is 1. The van der Waals surface area contributed by atoms with Crippen molar-refractivity contribution in [2.24, 2.45) is 0 Å². The molecule has 1 saturated heterocycles. The number of nitrogens with zero attached hydrogens (tertiary/aromatic N) is 3. The molecule has 1 aromatic carbocycles. The molecule has 112 valence electrons. The standard InChI is InChI=1S/C17H16ClN3O/c18-14-5-2-1-4-12(14)10-21-16(13-7-9-22-11-13)20-15-6-3-8-19-17(15)21/h1-6,8,13H,7,9-11H2. The van der Waals surface area contributed by atoms with Crippen molar-refractivity contribution >= 4 is 22.8 Å². The number of pyridine rings is 1. The number of imidazole rings is 1. The summed E-state index contributed by atoms with van der Waals surface area (Å²) in [5.41, 5.74) is 2.91. The monoisotopic (exact) mass is 313 g/mol. The molecule has 4 rings (SSSR count). The Morgan fingerprint density at radius 1 is 1.23 bits per heavy atom. The largest absolute Gasteiger partial charge is 0.381 e. The molecule has 1 fully saturated rings. The highest BCUT2D eigenvalue weighted by atomic mass is 35.5. The number of halogens is 1. The van der Waals surface area contributed by atoms with Crippen LogP contribution in [0.5, 0.6) is 0 Å². The maximum atomic E-state index is 6.33. The van der Waals surface area contributed by atoms with E-state index in [0.717, 1.165) is 47.2 Å². The van der Waals surface area contributed by atoms with Crippen LogP contribution in [0.4, 0.5) is 0 Å². The van der Waals surface area contributed by atoms with Gasteiger partial charge in [0, 0.05) is 23.7 Å². The van der Waals surface area contributed by atoms with Gasteiger partial charge in [-0.15, -0.1) is 0 Å². The quantitative estimate of drug-likeness (QED) is 0.741. The summed E-state index contributed by atoms with van der Waals surface area (Å²) in [4.78, 5) is 9.31. The lowest BCUT2D eigenvalue weighted by atomic mass is 10.1. The molecule has 0 aliphatic carbocycles. The highest BCUT2D eigenvalue weighted by Gasteiger charge is 2.25. The first-order valence-corrected chi connectivity index (χ1v) is 7.83. The summed E-state index contributed by atoms with van der Waals surface area (Å²) in [6, 6.07) is 11.8. The Kier molecular flexibility index (Phi) is 3.56. The molecule has 1 atom stereocenters. The minimum absolute atomic E-state index is 0.330. The van der Waals surface area contributed by atoms with Crippen LogP contribution >= 0.6 is 11.6 Å². The van der Waals surface area contributed by atoms with Crippen molar-refractivity contribution in [3.05, 3.63) is 59.0 Å². The van der Waals surface area contributed by atoms with E-state index in [4.69, 9.17) is 21.3 Å². The average Bonchev–Trinajstić information content (AvgIpc) is 3.17. The molecule has 1 aliphatic heterocycles. The third kappa shape index (κ3) is 2.38. The molecule has 0 amide bonds. The Morgan fingerprint density at radius 2 is 2.14 bits per heavy atom. The van der Waals surface area contributed by atoms with Crippen molar-refractivity contribution in [2.75, 3.05) is 13.2 Å². The molecular weight excluding hydrogens is 298 g/mol. The Balaban J connectivity index is 1.83. The molecule has 3 aromatic rings. The van der Waals surface area contributed by atoms with Gasteiger partial charge in [-0.25, -0.2) is 9.97 Å². The highest BCUT2D eigenvalue weighted by Crippen LogP contribution is 2.29. The molecule has 1 unspecified atom stereocenters. The smallest absolute Gasteiger partial charge is 0.160 e. The van der Waals surface area contributed by atoms with Crippen LogP contribution in [-0.4, -0.2) is 27.7 Å². The third-order valence-electron chi connectivity index (χ3n) is 4.11. The first-order chi connectivity index (χ1) is 10.8. The van der Waals surface area contributed by atoms with E-state index in [1.165, 1.54) is 0 Å². The zero-order valence-electron chi connectivity index (χ0n) is 12.1. The fraction of sp³-hybridized carbons (Fsp3) is 0.294. The lowest BCUT2D eigenvalue weighted by Gasteiger charge is -2.13. The van der Waals surface area contributed by atoms with E-state index >= 15 is 0 Å². The summed E-state index contributed by atoms with van der Waals surface area (Å²) >= 11 is 6.33. The van der Waals surface area contributed by atoms with Gasteiger partial charge in [0.15, 0.2) is 5.65 Å². The maximum absolute atomic E-state index is 6.33. The maximum Gasteiger partial charge on any atom is 0.160 e. The van der Waals surface area contributed by atoms with Gasteiger partial charge in [-0.2, -0.15) is 0 Å². The van der Waals surface area contributed by atoms with Crippen molar-refractivity contribution in [3.8, 4) is 0 Å². The minimum atomic E-state index is 0.330. The number of rotatable bonds is 3. The zero-order valence-corrected chi connectivity index (χ0v) is 12.8. The van der Waals surface area contributed by atoms with Crippen LogP contribution in [0.15, 0.2) is 42.6 Å². The fourth-order valence-electron chi connectivity index (χ4n) is 2.98. The summed E-state index contributed by atoms with van der Waals surface area (Å²) in [5, 5.41) is 0.772. The predicted octanol–water partition coefficient (Wildman–Crippen LogP) is 3.64. The van der Waals surface area contributed by atoms with Crippen LogP contribution in [-0.2, 0) is 11.3 Å². The van der Waals surface area contributed by atoms with E-state index in [-0.39, 0.29) is 0 Å². The van der Waals surface area contributed by atoms with E-state index < -0.39 is 0 Å². The van der Waals surface area contributed by atoms with Crippen molar-refractivity contribution in [3.63, 3.8) is 0 Å². The summed E-state index contributed by atoms with van der Waals surface area (Å²) in [5.74, 6) is 1.38. The Bertz CT molecular complexity index is 809. The first-order valence-electron chi connectivity index (χ1n) is 7.45. The predicted molar refractivity (Wildman–Crippen MR) is 86.3 cm³/mol. The summed E-state index contributed by atoms with van der Waals surface area (Å²) < 4.78 is 7.71. The molecule has 0 bridgehead atoms. The SMILES string of the molecule is Clc1ccccc1Cn1c(C2CCOC2)nc2cccnc21. The first kappa shape index (κ1) is 13.7. The summed E-state index contributed by atoms with van der Waals surface area (Å²) in [7, 11) is 0. The van der Waals surface area contributed by atoms with E-state index in [1.807, 2.05) is 42.6 Å². The van der Waals surface area contributed by atoms with Gasteiger partial charge in [-0.1, -0.05) is 29.8 Å². The van der Waals surface area contributed by atoms with Crippen LogP contribution < -0.4 is 0 Å². The molecule has 0 saturated carbocycles. The number of benzene rings is 1. The van der Waals surface area contributed by atoms with E-state index in [2.05, 4.69) is 9.55 Å².